The van der Waals surface area contributed by atoms with Gasteiger partial charge in [0, 0.05) is 12.1 Å². The van der Waals surface area contributed by atoms with Gasteiger partial charge in [0.15, 0.2) is 11.5 Å². The van der Waals surface area contributed by atoms with Crippen LogP contribution in [0.15, 0.2) is 47.4 Å². The van der Waals surface area contributed by atoms with Crippen molar-refractivity contribution in [2.24, 2.45) is 0 Å². The second-order valence-electron chi connectivity index (χ2n) is 5.52. The normalized spacial score (nSPS) is 13.0. The first-order chi connectivity index (χ1) is 12.4. The van der Waals surface area contributed by atoms with E-state index in [-0.39, 0.29) is 12.4 Å². The van der Waals surface area contributed by atoms with Crippen molar-refractivity contribution in [2.45, 2.75) is 17.1 Å². The summed E-state index contributed by atoms with van der Waals surface area (Å²) in [5, 5.41) is 2.69. The van der Waals surface area contributed by atoms with Crippen molar-refractivity contribution in [1.29, 1.82) is 0 Å². The second-order valence-corrected chi connectivity index (χ2v) is 7.44. The summed E-state index contributed by atoms with van der Waals surface area (Å²) in [4.78, 5) is 11.5. The molecule has 0 fully saturated rings. The molecule has 138 valence electrons. The van der Waals surface area contributed by atoms with Crippen molar-refractivity contribution in [1.82, 2.24) is 5.32 Å². The number of hydrogen-bond donors (Lipinski definition) is 1. The number of alkyl halides is 2. The molecule has 0 spiro atoms. The largest absolute Gasteiger partial charge is 0.454 e. The van der Waals surface area contributed by atoms with E-state index in [0.29, 0.717) is 24.5 Å². The summed E-state index contributed by atoms with van der Waals surface area (Å²) < 4.78 is 58.2. The topological polar surface area (TPSA) is 81.7 Å². The monoisotopic (exact) mass is 383 g/mol. The highest BCUT2D eigenvalue weighted by atomic mass is 32.2. The maximum Gasteiger partial charge on any atom is 0.341 e. The van der Waals surface area contributed by atoms with Crippen LogP contribution in [0, 0.1) is 0 Å². The van der Waals surface area contributed by atoms with Crippen LogP contribution in [0.5, 0.6) is 11.5 Å². The molecule has 2 aromatic carbocycles. The zero-order valence-corrected chi connectivity index (χ0v) is 14.3. The zero-order valence-electron chi connectivity index (χ0n) is 13.4. The first-order valence-corrected chi connectivity index (χ1v) is 9.21. The number of ether oxygens (including phenoxy) is 2. The summed E-state index contributed by atoms with van der Waals surface area (Å²) in [6.45, 7) is 0.530. The zero-order chi connectivity index (χ0) is 18.7. The van der Waals surface area contributed by atoms with Gasteiger partial charge >= 0.3 is 5.76 Å². The van der Waals surface area contributed by atoms with E-state index in [0.717, 1.165) is 17.7 Å². The van der Waals surface area contributed by atoms with E-state index in [2.05, 4.69) is 5.32 Å². The molecule has 1 heterocycles. The van der Waals surface area contributed by atoms with Crippen LogP contribution in [-0.2, 0) is 16.3 Å². The lowest BCUT2D eigenvalue weighted by molar-refractivity contribution is 0.0954. The molecule has 0 bridgehead atoms. The summed E-state index contributed by atoms with van der Waals surface area (Å²) in [5.74, 6) is -2.59. The van der Waals surface area contributed by atoms with Crippen LogP contribution in [0.2, 0.25) is 0 Å². The van der Waals surface area contributed by atoms with Crippen molar-refractivity contribution in [3.8, 4) is 11.5 Å². The van der Waals surface area contributed by atoms with E-state index >= 15 is 0 Å². The Kier molecular flexibility index (Phi) is 5.08. The van der Waals surface area contributed by atoms with Gasteiger partial charge in [-0.25, -0.2) is 8.42 Å². The Morgan fingerprint density at radius 1 is 1.08 bits per heavy atom. The Bertz CT molecular complexity index is 913. The van der Waals surface area contributed by atoms with Crippen molar-refractivity contribution >= 4 is 15.7 Å². The predicted molar refractivity (Wildman–Crippen MR) is 88.2 cm³/mol. The number of rotatable bonds is 6. The van der Waals surface area contributed by atoms with Crippen molar-refractivity contribution in [3.63, 3.8) is 0 Å². The molecule has 0 saturated heterocycles. The minimum atomic E-state index is -4.66. The molecule has 1 aliphatic rings. The Balaban J connectivity index is 1.57. The molecular weight excluding hydrogens is 368 g/mol. The van der Waals surface area contributed by atoms with Crippen molar-refractivity contribution < 1.29 is 31.5 Å². The third-order valence-electron chi connectivity index (χ3n) is 3.82. The minimum absolute atomic E-state index is 0.184. The van der Waals surface area contributed by atoms with Crippen LogP contribution in [0.4, 0.5) is 8.78 Å². The maximum absolute atomic E-state index is 12.5. The van der Waals surface area contributed by atoms with E-state index in [1.54, 1.807) is 6.07 Å². The highest BCUT2D eigenvalue weighted by molar-refractivity contribution is 7.91. The Hall–Kier alpha value is -2.68. The van der Waals surface area contributed by atoms with Crippen LogP contribution in [0.1, 0.15) is 15.9 Å². The van der Waals surface area contributed by atoms with E-state index in [1.807, 2.05) is 12.1 Å². The predicted octanol–water partition coefficient (Wildman–Crippen LogP) is 2.38. The molecule has 0 saturated carbocycles. The molecule has 1 amide bonds. The van der Waals surface area contributed by atoms with Gasteiger partial charge in [-0.2, -0.15) is 8.78 Å². The molecule has 6 nitrogen and oxygen atoms in total. The molecule has 1 N–H and O–H groups in total. The molecule has 0 aliphatic carbocycles. The SMILES string of the molecule is O=C(NCCc1ccc2c(c1)OCO2)c1ccc(S(=O)(=O)C(F)F)cc1. The fourth-order valence-electron chi connectivity index (χ4n) is 2.42. The number of fused-ring (bicyclic) bond motifs is 1. The number of nitrogens with one attached hydrogen (secondary N) is 1. The summed E-state index contributed by atoms with van der Waals surface area (Å²) in [6, 6.07) is 9.88. The van der Waals surface area contributed by atoms with Gasteiger partial charge < -0.3 is 14.8 Å². The van der Waals surface area contributed by atoms with Crippen molar-refractivity contribution in [3.05, 3.63) is 53.6 Å². The molecule has 0 radical (unpaired) electrons. The molecule has 3 rings (SSSR count). The van der Waals surface area contributed by atoms with Crippen LogP contribution in [0.25, 0.3) is 0 Å². The summed E-state index contributed by atoms with van der Waals surface area (Å²) in [7, 11) is -4.66. The van der Waals surface area contributed by atoms with Crippen LogP contribution in [0.3, 0.4) is 0 Å². The van der Waals surface area contributed by atoms with Gasteiger partial charge in [-0.1, -0.05) is 6.07 Å². The molecule has 9 heteroatoms. The molecule has 1 aliphatic heterocycles. The summed E-state index contributed by atoms with van der Waals surface area (Å²) >= 11 is 0. The lowest BCUT2D eigenvalue weighted by Gasteiger charge is -2.07. The quantitative estimate of drug-likeness (QED) is 0.828. The fraction of sp³-hybridized carbons (Fsp3) is 0.235. The fourth-order valence-corrected chi connectivity index (χ4v) is 3.14. The van der Waals surface area contributed by atoms with Crippen molar-refractivity contribution in [2.75, 3.05) is 13.3 Å². The minimum Gasteiger partial charge on any atom is -0.454 e. The van der Waals surface area contributed by atoms with Gasteiger partial charge in [0.05, 0.1) is 4.90 Å². The van der Waals surface area contributed by atoms with E-state index < -0.39 is 26.4 Å². The number of halogens is 2. The highest BCUT2D eigenvalue weighted by Gasteiger charge is 2.26. The first-order valence-electron chi connectivity index (χ1n) is 7.67. The Morgan fingerprint density at radius 3 is 2.46 bits per heavy atom. The highest BCUT2D eigenvalue weighted by Crippen LogP contribution is 2.32. The number of benzene rings is 2. The Morgan fingerprint density at radius 2 is 1.77 bits per heavy atom. The second kappa shape index (κ2) is 7.28. The smallest absolute Gasteiger partial charge is 0.341 e. The Labute approximate surface area is 148 Å². The van der Waals surface area contributed by atoms with Gasteiger partial charge in [0.1, 0.15) is 0 Å². The summed E-state index contributed by atoms with van der Waals surface area (Å²) in [6.07, 6.45) is 0.556. The lowest BCUT2D eigenvalue weighted by Crippen LogP contribution is -2.25. The third-order valence-corrected chi connectivity index (χ3v) is 5.21. The summed E-state index contributed by atoms with van der Waals surface area (Å²) in [5.41, 5.74) is 1.14. The number of carbonyl (C=O) groups excluding carboxylic acids is 1. The maximum atomic E-state index is 12.5. The van der Waals surface area contributed by atoms with E-state index in [1.165, 1.54) is 12.1 Å². The van der Waals surface area contributed by atoms with Crippen LogP contribution < -0.4 is 14.8 Å². The van der Waals surface area contributed by atoms with Crippen LogP contribution >= 0.6 is 0 Å². The van der Waals surface area contributed by atoms with E-state index in [9.17, 15) is 22.0 Å². The number of hydrogen-bond acceptors (Lipinski definition) is 5. The molecular formula is C17H15F2NO5S. The van der Waals surface area contributed by atoms with Gasteiger partial charge in [0.2, 0.25) is 16.6 Å². The number of carbonyl (C=O) groups is 1. The average Bonchev–Trinajstić information content (AvgIpc) is 3.09. The molecule has 0 aromatic heterocycles. The van der Waals surface area contributed by atoms with E-state index in [4.69, 9.17) is 9.47 Å². The van der Waals surface area contributed by atoms with Crippen LogP contribution in [-0.4, -0.2) is 33.4 Å². The third kappa shape index (κ3) is 3.77. The average molecular weight is 383 g/mol. The van der Waals surface area contributed by atoms with Gasteiger partial charge in [-0.15, -0.1) is 0 Å². The molecule has 2 aromatic rings. The number of amides is 1. The van der Waals surface area contributed by atoms with Gasteiger partial charge in [0.25, 0.3) is 5.91 Å². The number of sulfone groups is 1. The molecule has 26 heavy (non-hydrogen) atoms. The van der Waals surface area contributed by atoms with Gasteiger partial charge in [-0.3, -0.25) is 4.79 Å². The molecule has 0 atom stereocenters. The first kappa shape index (κ1) is 18.1. The van der Waals surface area contributed by atoms with Gasteiger partial charge in [-0.05, 0) is 48.4 Å². The lowest BCUT2D eigenvalue weighted by atomic mass is 10.1. The molecule has 0 unspecified atom stereocenters. The standard InChI is InChI=1S/C17H15F2NO5S/c18-17(19)26(22,23)13-4-2-12(3-5-13)16(21)20-8-7-11-1-6-14-15(9-11)25-10-24-14/h1-6,9,17H,7-8,10H2,(H,20,21).